The van der Waals surface area contributed by atoms with Gasteiger partial charge in [-0.1, -0.05) is 0 Å². The van der Waals surface area contributed by atoms with E-state index in [1.165, 1.54) is 7.05 Å². The number of fused-ring (bicyclic) bond motifs is 1. The molecule has 0 bridgehead atoms. The van der Waals surface area contributed by atoms with Crippen LogP contribution in [0.25, 0.3) is 0 Å². The number of rotatable bonds is 3. The summed E-state index contributed by atoms with van der Waals surface area (Å²) in [6.07, 6.45) is 0. The zero-order chi connectivity index (χ0) is 15.1. The van der Waals surface area contributed by atoms with Crippen LogP contribution in [-0.2, 0) is 6.54 Å². The van der Waals surface area contributed by atoms with Crippen molar-refractivity contribution in [1.82, 2.24) is 4.90 Å². The fraction of sp³-hybridized carbons (Fsp3) is 0.143. The number of halogens is 2. The van der Waals surface area contributed by atoms with E-state index in [0.717, 1.165) is 23.7 Å². The van der Waals surface area contributed by atoms with Crippen molar-refractivity contribution in [2.75, 3.05) is 12.4 Å². The van der Waals surface area contributed by atoms with E-state index in [1.807, 2.05) is 12.1 Å². The van der Waals surface area contributed by atoms with Gasteiger partial charge in [-0.2, -0.15) is 0 Å². The smallest absolute Gasteiger partial charge is 0.261 e. The molecule has 1 aromatic heterocycles. The molecule has 3 rings (SSSR count). The standard InChI is InChI=1S/C14H10Br2N2O2S/c1-18-13(19)9-3-2-7(4-10(9)14(18)20)17-6-8-5-11(15)12(16)21-8/h2-5,17H,6H2,1H3. The fourth-order valence-corrected chi connectivity index (χ4v) is 4.26. The molecule has 2 aromatic rings. The Kier molecular flexibility index (Phi) is 3.90. The second kappa shape index (κ2) is 5.55. The first-order valence-electron chi connectivity index (χ1n) is 6.11. The van der Waals surface area contributed by atoms with Crippen molar-refractivity contribution in [2.24, 2.45) is 0 Å². The highest BCUT2D eigenvalue weighted by atomic mass is 79.9. The number of nitrogens with zero attached hydrogens (tertiary/aromatic N) is 1. The minimum atomic E-state index is -0.250. The van der Waals surface area contributed by atoms with Crippen LogP contribution in [0.5, 0.6) is 0 Å². The molecule has 108 valence electrons. The summed E-state index contributed by atoms with van der Waals surface area (Å²) in [6, 6.07) is 7.29. The second-order valence-corrected chi connectivity index (χ2v) is 7.93. The zero-order valence-corrected chi connectivity index (χ0v) is 14.9. The Morgan fingerprint density at radius 2 is 1.86 bits per heavy atom. The molecule has 2 heterocycles. The summed E-state index contributed by atoms with van der Waals surface area (Å²) in [5.74, 6) is -0.493. The molecule has 0 aliphatic carbocycles. The van der Waals surface area contributed by atoms with E-state index in [-0.39, 0.29) is 11.8 Å². The number of amides is 2. The van der Waals surface area contributed by atoms with Crippen molar-refractivity contribution in [1.29, 1.82) is 0 Å². The first kappa shape index (κ1) is 14.7. The van der Waals surface area contributed by atoms with E-state index < -0.39 is 0 Å². The number of carbonyl (C=O) groups is 2. The number of nitrogens with one attached hydrogen (secondary N) is 1. The van der Waals surface area contributed by atoms with Gasteiger partial charge in [0.15, 0.2) is 0 Å². The summed E-state index contributed by atoms with van der Waals surface area (Å²) in [5.41, 5.74) is 1.75. The quantitative estimate of drug-likeness (QED) is 0.747. The van der Waals surface area contributed by atoms with Crippen molar-refractivity contribution in [3.8, 4) is 0 Å². The molecule has 0 atom stereocenters. The fourth-order valence-electron chi connectivity index (χ4n) is 2.14. The highest BCUT2D eigenvalue weighted by Gasteiger charge is 2.32. The Balaban J connectivity index is 1.79. The van der Waals surface area contributed by atoms with Gasteiger partial charge in [-0.3, -0.25) is 14.5 Å². The number of anilines is 1. The third-order valence-corrected chi connectivity index (χ3v) is 6.51. The van der Waals surface area contributed by atoms with E-state index in [4.69, 9.17) is 0 Å². The molecule has 1 N–H and O–H groups in total. The molecular formula is C14H10Br2N2O2S. The molecule has 0 radical (unpaired) electrons. The third kappa shape index (κ3) is 2.65. The monoisotopic (exact) mass is 428 g/mol. The lowest BCUT2D eigenvalue weighted by atomic mass is 10.1. The molecule has 21 heavy (non-hydrogen) atoms. The minimum absolute atomic E-state index is 0.243. The van der Waals surface area contributed by atoms with Crippen LogP contribution in [-0.4, -0.2) is 23.8 Å². The number of hydrogen-bond acceptors (Lipinski definition) is 4. The number of thiophene rings is 1. The van der Waals surface area contributed by atoms with E-state index in [9.17, 15) is 9.59 Å². The molecule has 1 aromatic carbocycles. The molecule has 1 aliphatic rings. The van der Waals surface area contributed by atoms with Crippen LogP contribution >= 0.6 is 43.2 Å². The SMILES string of the molecule is CN1C(=O)c2ccc(NCc3cc(Br)c(Br)s3)cc2C1=O. The lowest BCUT2D eigenvalue weighted by Gasteiger charge is -2.05. The van der Waals surface area contributed by atoms with Crippen LogP contribution in [0.1, 0.15) is 25.6 Å². The average Bonchev–Trinajstić information content (AvgIpc) is 2.90. The number of imide groups is 1. The van der Waals surface area contributed by atoms with Gasteiger partial charge in [-0.15, -0.1) is 11.3 Å². The lowest BCUT2D eigenvalue weighted by molar-refractivity contribution is 0.0693. The maximum atomic E-state index is 11.9. The molecule has 0 saturated carbocycles. The zero-order valence-electron chi connectivity index (χ0n) is 10.9. The highest BCUT2D eigenvalue weighted by molar-refractivity contribution is 9.13. The summed E-state index contributed by atoms with van der Waals surface area (Å²) < 4.78 is 2.08. The predicted molar refractivity (Wildman–Crippen MR) is 89.9 cm³/mol. The van der Waals surface area contributed by atoms with Crippen LogP contribution < -0.4 is 5.32 Å². The molecule has 1 aliphatic heterocycles. The Labute approximate surface area is 142 Å². The van der Waals surface area contributed by atoms with Crippen molar-refractivity contribution in [3.05, 3.63) is 48.5 Å². The second-order valence-electron chi connectivity index (χ2n) is 4.62. The Hall–Kier alpha value is -1.18. The Morgan fingerprint density at radius 3 is 2.52 bits per heavy atom. The van der Waals surface area contributed by atoms with Crippen LogP contribution in [0, 0.1) is 0 Å². The van der Waals surface area contributed by atoms with Crippen molar-refractivity contribution < 1.29 is 9.59 Å². The summed E-state index contributed by atoms with van der Waals surface area (Å²) >= 11 is 8.55. The Bertz CT molecular complexity index is 738. The van der Waals surface area contributed by atoms with Crippen LogP contribution in [0.3, 0.4) is 0 Å². The molecule has 7 heteroatoms. The van der Waals surface area contributed by atoms with Gasteiger partial charge in [0.05, 0.1) is 14.9 Å². The van der Waals surface area contributed by atoms with Gasteiger partial charge in [0.2, 0.25) is 0 Å². The Morgan fingerprint density at radius 1 is 1.14 bits per heavy atom. The molecule has 0 unspecified atom stereocenters. The first-order valence-corrected chi connectivity index (χ1v) is 8.51. The van der Waals surface area contributed by atoms with E-state index in [2.05, 4.69) is 37.2 Å². The summed E-state index contributed by atoms with van der Waals surface area (Å²) in [7, 11) is 1.50. The van der Waals surface area contributed by atoms with Crippen molar-refractivity contribution in [3.63, 3.8) is 0 Å². The maximum absolute atomic E-state index is 11.9. The molecule has 0 fully saturated rings. The summed E-state index contributed by atoms with van der Waals surface area (Å²) in [4.78, 5) is 26.1. The predicted octanol–water partition coefficient (Wildman–Crippen LogP) is 4.11. The summed E-state index contributed by atoms with van der Waals surface area (Å²) in [5, 5.41) is 3.27. The third-order valence-electron chi connectivity index (χ3n) is 3.25. The largest absolute Gasteiger partial charge is 0.380 e. The van der Waals surface area contributed by atoms with Crippen LogP contribution in [0.15, 0.2) is 32.5 Å². The van der Waals surface area contributed by atoms with E-state index in [0.29, 0.717) is 17.7 Å². The van der Waals surface area contributed by atoms with Gasteiger partial charge < -0.3 is 5.32 Å². The average molecular weight is 430 g/mol. The first-order chi connectivity index (χ1) is 9.97. The highest BCUT2D eigenvalue weighted by Crippen LogP contribution is 2.33. The normalized spacial score (nSPS) is 13.8. The molecule has 0 saturated heterocycles. The van der Waals surface area contributed by atoms with Gasteiger partial charge in [0, 0.05) is 28.6 Å². The van der Waals surface area contributed by atoms with Gasteiger partial charge in [0.25, 0.3) is 11.8 Å². The van der Waals surface area contributed by atoms with E-state index in [1.54, 1.807) is 23.5 Å². The number of benzene rings is 1. The van der Waals surface area contributed by atoms with Gasteiger partial charge in [0.1, 0.15) is 0 Å². The van der Waals surface area contributed by atoms with Crippen LogP contribution in [0.2, 0.25) is 0 Å². The minimum Gasteiger partial charge on any atom is -0.380 e. The van der Waals surface area contributed by atoms with Gasteiger partial charge >= 0.3 is 0 Å². The molecule has 0 spiro atoms. The molecule has 2 amide bonds. The summed E-state index contributed by atoms with van der Waals surface area (Å²) in [6.45, 7) is 0.658. The van der Waals surface area contributed by atoms with E-state index >= 15 is 0 Å². The molecule has 4 nitrogen and oxygen atoms in total. The number of hydrogen-bond donors (Lipinski definition) is 1. The maximum Gasteiger partial charge on any atom is 0.261 e. The van der Waals surface area contributed by atoms with Gasteiger partial charge in [-0.05, 0) is 56.1 Å². The van der Waals surface area contributed by atoms with Crippen LogP contribution in [0.4, 0.5) is 5.69 Å². The lowest BCUT2D eigenvalue weighted by Crippen LogP contribution is -2.24. The van der Waals surface area contributed by atoms with Gasteiger partial charge in [-0.25, -0.2) is 0 Å². The topological polar surface area (TPSA) is 49.4 Å². The number of carbonyl (C=O) groups excluding carboxylic acids is 2. The van der Waals surface area contributed by atoms with Crippen molar-refractivity contribution in [2.45, 2.75) is 6.54 Å². The molecular weight excluding hydrogens is 420 g/mol. The van der Waals surface area contributed by atoms with Crippen molar-refractivity contribution >= 4 is 60.7 Å².